The molecule has 0 amide bonds. The summed E-state index contributed by atoms with van der Waals surface area (Å²) in [7, 11) is 1.66. The Balaban J connectivity index is 1.52. The minimum Gasteiger partial charge on any atom is -0.383 e. The number of pyridine rings is 1. The van der Waals surface area contributed by atoms with Gasteiger partial charge in [0.25, 0.3) is 5.56 Å². The minimum atomic E-state index is -0.368. The maximum atomic E-state index is 13.4. The first-order chi connectivity index (χ1) is 17.5. The number of rotatable bonds is 7. The number of tetrazole rings is 1. The van der Waals surface area contributed by atoms with E-state index in [4.69, 9.17) is 4.74 Å². The monoisotopic (exact) mass is 487 g/mol. The number of fused-ring (bicyclic) bond motifs is 1. The molecule has 1 fully saturated rings. The molecule has 36 heavy (non-hydrogen) atoms. The second-order valence-corrected chi connectivity index (χ2v) is 9.54. The standard InChI is InChI=1S/C27H33N7O2/c1-18-8-9-21-17-22(27(35)28-23(21)16-18)25(26-29-30-31-34(26)14-15-36-4)33-12-10-32(11-13-33)24-7-5-6-19(2)20(24)3/h5-9,16-17,25H,10-15H2,1-4H3,(H,28,35)/t25-/m0/s1. The first-order valence-corrected chi connectivity index (χ1v) is 12.4. The Morgan fingerprint density at radius 2 is 1.86 bits per heavy atom. The Labute approximate surface area is 210 Å². The summed E-state index contributed by atoms with van der Waals surface area (Å²) in [6.07, 6.45) is 0. The fraction of sp³-hybridized carbons (Fsp3) is 0.407. The van der Waals surface area contributed by atoms with Crippen molar-refractivity contribution in [2.75, 3.05) is 44.8 Å². The molecule has 0 saturated carbocycles. The van der Waals surface area contributed by atoms with Gasteiger partial charge in [0.05, 0.1) is 13.2 Å². The third-order valence-electron chi connectivity index (χ3n) is 7.23. The molecule has 3 heterocycles. The van der Waals surface area contributed by atoms with E-state index in [1.807, 2.05) is 25.1 Å². The number of aromatic amines is 1. The Morgan fingerprint density at radius 3 is 2.64 bits per heavy atom. The van der Waals surface area contributed by atoms with Gasteiger partial charge in [0, 0.05) is 50.1 Å². The topological polar surface area (TPSA) is 92.2 Å². The number of benzene rings is 2. The lowest BCUT2D eigenvalue weighted by Crippen LogP contribution is -2.49. The zero-order valence-electron chi connectivity index (χ0n) is 21.4. The summed E-state index contributed by atoms with van der Waals surface area (Å²) in [6, 6.07) is 14.2. The maximum Gasteiger partial charge on any atom is 0.253 e. The van der Waals surface area contributed by atoms with Crippen LogP contribution in [-0.4, -0.2) is 70.0 Å². The van der Waals surface area contributed by atoms with Gasteiger partial charge in [-0.2, -0.15) is 0 Å². The van der Waals surface area contributed by atoms with E-state index >= 15 is 0 Å². The smallest absolute Gasteiger partial charge is 0.253 e. The molecule has 5 rings (SSSR count). The number of hydrogen-bond donors (Lipinski definition) is 1. The molecule has 2 aromatic heterocycles. The van der Waals surface area contributed by atoms with E-state index < -0.39 is 0 Å². The van der Waals surface area contributed by atoms with Crippen LogP contribution < -0.4 is 10.5 Å². The highest BCUT2D eigenvalue weighted by Gasteiger charge is 2.33. The van der Waals surface area contributed by atoms with Crippen LogP contribution in [0.2, 0.25) is 0 Å². The van der Waals surface area contributed by atoms with Crippen LogP contribution in [0.3, 0.4) is 0 Å². The summed E-state index contributed by atoms with van der Waals surface area (Å²) >= 11 is 0. The van der Waals surface area contributed by atoms with Crippen molar-refractivity contribution in [3.8, 4) is 0 Å². The van der Waals surface area contributed by atoms with Gasteiger partial charge in [-0.15, -0.1) is 5.10 Å². The van der Waals surface area contributed by atoms with Crippen molar-refractivity contribution in [1.82, 2.24) is 30.1 Å². The van der Waals surface area contributed by atoms with Gasteiger partial charge in [0.15, 0.2) is 5.82 Å². The molecule has 0 radical (unpaired) electrons. The van der Waals surface area contributed by atoms with Crippen molar-refractivity contribution in [3.05, 3.63) is 80.9 Å². The lowest BCUT2D eigenvalue weighted by Gasteiger charge is -2.40. The molecule has 1 aliphatic heterocycles. The van der Waals surface area contributed by atoms with Gasteiger partial charge in [-0.3, -0.25) is 9.69 Å². The molecule has 0 unspecified atom stereocenters. The Bertz CT molecular complexity index is 1420. The first kappa shape index (κ1) is 24.1. The van der Waals surface area contributed by atoms with Crippen LogP contribution in [0.1, 0.15) is 34.1 Å². The van der Waals surface area contributed by atoms with Crippen LogP contribution in [0.15, 0.2) is 47.3 Å². The second-order valence-electron chi connectivity index (χ2n) is 9.54. The van der Waals surface area contributed by atoms with Gasteiger partial charge < -0.3 is 14.6 Å². The predicted octanol–water partition coefficient (Wildman–Crippen LogP) is 3.00. The van der Waals surface area contributed by atoms with Gasteiger partial charge in [-0.1, -0.05) is 24.3 Å². The number of anilines is 1. The molecule has 9 nitrogen and oxygen atoms in total. The molecule has 0 aliphatic carbocycles. The minimum absolute atomic E-state index is 0.114. The van der Waals surface area contributed by atoms with E-state index in [2.05, 4.69) is 68.4 Å². The highest BCUT2D eigenvalue weighted by molar-refractivity contribution is 5.79. The van der Waals surface area contributed by atoms with Crippen LogP contribution in [0.5, 0.6) is 0 Å². The van der Waals surface area contributed by atoms with Gasteiger partial charge in [-0.25, -0.2) is 4.68 Å². The van der Waals surface area contributed by atoms with E-state index in [0.29, 0.717) is 24.5 Å². The third kappa shape index (κ3) is 4.64. The van der Waals surface area contributed by atoms with Crippen LogP contribution >= 0.6 is 0 Å². The summed E-state index contributed by atoms with van der Waals surface area (Å²) in [4.78, 5) is 21.3. The average molecular weight is 488 g/mol. The normalized spacial score (nSPS) is 15.5. The zero-order valence-corrected chi connectivity index (χ0v) is 21.4. The van der Waals surface area contributed by atoms with E-state index in [-0.39, 0.29) is 11.6 Å². The zero-order chi connectivity index (χ0) is 25.2. The Hall–Kier alpha value is -3.56. The summed E-state index contributed by atoms with van der Waals surface area (Å²) in [5.41, 5.74) is 6.36. The Morgan fingerprint density at radius 1 is 1.06 bits per heavy atom. The highest BCUT2D eigenvalue weighted by atomic mass is 16.5. The van der Waals surface area contributed by atoms with Crippen LogP contribution in [-0.2, 0) is 11.3 Å². The van der Waals surface area contributed by atoms with Crippen molar-refractivity contribution in [1.29, 1.82) is 0 Å². The summed E-state index contributed by atoms with van der Waals surface area (Å²) in [6.45, 7) is 10.6. The average Bonchev–Trinajstić information content (AvgIpc) is 3.33. The number of nitrogens with zero attached hydrogens (tertiary/aromatic N) is 6. The molecule has 1 N–H and O–H groups in total. The molecule has 9 heteroatoms. The van der Waals surface area contributed by atoms with Crippen molar-refractivity contribution >= 4 is 16.6 Å². The number of H-pyrrole nitrogens is 1. The molecular formula is C27H33N7O2. The van der Waals surface area contributed by atoms with Crippen LogP contribution in [0.25, 0.3) is 10.9 Å². The lowest BCUT2D eigenvalue weighted by molar-refractivity contribution is 0.171. The van der Waals surface area contributed by atoms with Crippen molar-refractivity contribution in [3.63, 3.8) is 0 Å². The number of aryl methyl sites for hydroxylation is 2. The van der Waals surface area contributed by atoms with Crippen LogP contribution in [0.4, 0.5) is 5.69 Å². The fourth-order valence-electron chi connectivity index (χ4n) is 5.08. The molecule has 1 aliphatic rings. The van der Waals surface area contributed by atoms with E-state index in [1.54, 1.807) is 11.8 Å². The lowest BCUT2D eigenvalue weighted by atomic mass is 10.0. The second kappa shape index (κ2) is 10.2. The summed E-state index contributed by atoms with van der Waals surface area (Å²) < 4.78 is 7.03. The number of ether oxygens (including phenoxy) is 1. The number of nitrogens with one attached hydrogen (secondary N) is 1. The maximum absolute atomic E-state index is 13.4. The quantitative estimate of drug-likeness (QED) is 0.428. The summed E-state index contributed by atoms with van der Waals surface area (Å²) in [5, 5.41) is 13.6. The van der Waals surface area contributed by atoms with Crippen molar-refractivity contribution < 1.29 is 4.74 Å². The van der Waals surface area contributed by atoms with Crippen LogP contribution in [0, 0.1) is 20.8 Å². The number of hydrogen-bond acceptors (Lipinski definition) is 7. The highest BCUT2D eigenvalue weighted by Crippen LogP contribution is 2.30. The molecule has 188 valence electrons. The SMILES string of the molecule is COCCn1nnnc1[C@H](c1cc2ccc(C)cc2[nH]c1=O)N1CCN(c2cccc(C)c2C)CC1. The van der Waals surface area contributed by atoms with E-state index in [0.717, 1.165) is 42.6 Å². The van der Waals surface area contributed by atoms with Crippen molar-refractivity contribution in [2.45, 2.75) is 33.4 Å². The Kier molecular flexibility index (Phi) is 6.84. The predicted molar refractivity (Wildman–Crippen MR) is 141 cm³/mol. The van der Waals surface area contributed by atoms with Gasteiger partial charge in [0.2, 0.25) is 0 Å². The molecule has 4 aromatic rings. The molecule has 0 bridgehead atoms. The molecular weight excluding hydrogens is 454 g/mol. The molecule has 1 saturated heterocycles. The summed E-state index contributed by atoms with van der Waals surface area (Å²) in [5.74, 6) is 0.657. The largest absolute Gasteiger partial charge is 0.383 e. The number of methoxy groups -OCH3 is 1. The molecule has 1 atom stereocenters. The molecule has 2 aromatic carbocycles. The number of aromatic nitrogens is 5. The third-order valence-corrected chi connectivity index (χ3v) is 7.23. The van der Waals surface area contributed by atoms with Gasteiger partial charge in [-0.05, 0) is 71.5 Å². The van der Waals surface area contributed by atoms with E-state index in [9.17, 15) is 4.79 Å². The first-order valence-electron chi connectivity index (χ1n) is 12.4. The van der Waals surface area contributed by atoms with E-state index in [1.165, 1.54) is 16.8 Å². The molecule has 0 spiro atoms. The number of piperazine rings is 1. The van der Waals surface area contributed by atoms with Crippen molar-refractivity contribution in [2.24, 2.45) is 0 Å². The fourth-order valence-corrected chi connectivity index (χ4v) is 5.08. The van der Waals surface area contributed by atoms with Gasteiger partial charge >= 0.3 is 0 Å². The van der Waals surface area contributed by atoms with Gasteiger partial charge in [0.1, 0.15) is 6.04 Å².